The zero-order valence-corrected chi connectivity index (χ0v) is 20.3. The Bertz CT molecular complexity index is 1310. The number of hydrogen-bond donors (Lipinski definition) is 1. The summed E-state index contributed by atoms with van der Waals surface area (Å²) in [6.07, 6.45) is 1.25. The van der Waals surface area contributed by atoms with Gasteiger partial charge in [0, 0.05) is 16.1 Å². The second-order valence-corrected chi connectivity index (χ2v) is 9.01. The average Bonchev–Trinajstić information content (AvgIpc) is 2.81. The number of ether oxygens (including phenoxy) is 2. The van der Waals surface area contributed by atoms with Gasteiger partial charge in [-0.1, -0.05) is 29.3 Å². The molecule has 8 nitrogen and oxygen atoms in total. The van der Waals surface area contributed by atoms with E-state index in [1.165, 1.54) is 49.7 Å². The number of hydrazone groups is 1. The van der Waals surface area contributed by atoms with Crippen LogP contribution in [0.1, 0.15) is 28.4 Å². The quantitative estimate of drug-likeness (QED) is 0.261. The number of carbonyl (C=O) groups excluding carboxylic acids is 1. The second-order valence-electron chi connectivity index (χ2n) is 7.03. The monoisotopic (exact) mass is 502 g/mol. The third-order valence-electron chi connectivity index (χ3n) is 4.58. The van der Waals surface area contributed by atoms with Gasteiger partial charge in [-0.2, -0.15) is 13.5 Å². The SMILES string of the molecule is CCOc1ccc(C(=O)N/N=C/c2cc(Cl)ccc2OS(=O)(=O)c2ccc(C)cc2)cc1OC. The molecule has 0 aromatic heterocycles. The number of aryl methyl sites for hydroxylation is 1. The number of amides is 1. The zero-order chi connectivity index (χ0) is 24.7. The number of nitrogens with zero attached hydrogens (tertiary/aromatic N) is 1. The van der Waals surface area contributed by atoms with E-state index in [1.54, 1.807) is 24.3 Å². The van der Waals surface area contributed by atoms with E-state index in [2.05, 4.69) is 10.5 Å². The fourth-order valence-corrected chi connectivity index (χ4v) is 4.01. The summed E-state index contributed by atoms with van der Waals surface area (Å²) in [6.45, 7) is 4.15. The number of halogens is 1. The third-order valence-corrected chi connectivity index (χ3v) is 6.06. The molecule has 34 heavy (non-hydrogen) atoms. The van der Waals surface area contributed by atoms with Gasteiger partial charge in [0.2, 0.25) is 0 Å². The van der Waals surface area contributed by atoms with Gasteiger partial charge >= 0.3 is 10.1 Å². The normalized spacial score (nSPS) is 11.3. The molecule has 0 bridgehead atoms. The number of nitrogens with one attached hydrogen (secondary N) is 1. The predicted octanol–water partition coefficient (Wildman–Crippen LogP) is 4.59. The fourth-order valence-electron chi connectivity index (χ4n) is 2.88. The van der Waals surface area contributed by atoms with Crippen molar-refractivity contribution in [3.8, 4) is 17.2 Å². The first-order valence-electron chi connectivity index (χ1n) is 10.2. The molecule has 3 rings (SSSR count). The molecule has 0 fully saturated rings. The molecule has 0 heterocycles. The molecule has 3 aromatic carbocycles. The highest BCUT2D eigenvalue weighted by Crippen LogP contribution is 2.28. The number of methoxy groups -OCH3 is 1. The molecule has 0 saturated carbocycles. The molecule has 1 N–H and O–H groups in total. The van der Waals surface area contributed by atoms with Crippen LogP contribution in [0.3, 0.4) is 0 Å². The van der Waals surface area contributed by atoms with Crippen molar-refractivity contribution in [1.82, 2.24) is 5.43 Å². The van der Waals surface area contributed by atoms with Crippen LogP contribution < -0.4 is 19.1 Å². The molecule has 0 radical (unpaired) electrons. The van der Waals surface area contributed by atoms with E-state index in [-0.39, 0.29) is 16.2 Å². The number of carbonyl (C=O) groups is 1. The van der Waals surface area contributed by atoms with Gasteiger partial charge in [-0.15, -0.1) is 0 Å². The molecule has 10 heteroatoms. The number of hydrogen-bond acceptors (Lipinski definition) is 7. The Balaban J connectivity index is 1.78. The molecule has 0 unspecified atom stereocenters. The van der Waals surface area contributed by atoms with Crippen LogP contribution in [-0.2, 0) is 10.1 Å². The Morgan fingerprint density at radius 3 is 2.41 bits per heavy atom. The van der Waals surface area contributed by atoms with Crippen molar-refractivity contribution in [3.63, 3.8) is 0 Å². The minimum absolute atomic E-state index is 0.00529. The van der Waals surface area contributed by atoms with Crippen molar-refractivity contribution in [2.24, 2.45) is 5.10 Å². The van der Waals surface area contributed by atoms with Gasteiger partial charge in [0.05, 0.1) is 19.9 Å². The largest absolute Gasteiger partial charge is 0.493 e. The lowest BCUT2D eigenvalue weighted by Crippen LogP contribution is -2.18. The fraction of sp³-hybridized carbons (Fsp3) is 0.167. The standard InChI is InChI=1S/C24H23ClN2O6S/c1-4-32-22-11-7-17(14-23(22)31-3)24(28)27-26-15-18-13-19(25)8-12-21(18)33-34(29,30)20-9-5-16(2)6-10-20/h5-15H,4H2,1-3H3,(H,27,28)/b26-15+. The molecule has 0 aliphatic heterocycles. The second kappa shape index (κ2) is 11.0. The van der Waals surface area contributed by atoms with E-state index in [0.29, 0.717) is 28.7 Å². The smallest absolute Gasteiger partial charge is 0.339 e. The molecular formula is C24H23ClN2O6S. The lowest BCUT2D eigenvalue weighted by atomic mass is 10.2. The average molecular weight is 503 g/mol. The lowest BCUT2D eigenvalue weighted by molar-refractivity contribution is 0.0954. The van der Waals surface area contributed by atoms with E-state index in [9.17, 15) is 13.2 Å². The Labute approximate surface area is 203 Å². The summed E-state index contributed by atoms with van der Waals surface area (Å²) in [5.41, 5.74) is 3.85. The molecule has 0 atom stereocenters. The van der Waals surface area contributed by atoms with E-state index in [1.807, 2.05) is 13.8 Å². The van der Waals surface area contributed by atoms with Crippen LogP contribution in [0.4, 0.5) is 0 Å². The van der Waals surface area contributed by atoms with Gasteiger partial charge in [0.1, 0.15) is 4.90 Å². The van der Waals surface area contributed by atoms with Crippen molar-refractivity contribution in [2.75, 3.05) is 13.7 Å². The Hall–Kier alpha value is -3.56. The van der Waals surface area contributed by atoms with Crippen LogP contribution in [0.15, 0.2) is 70.7 Å². The summed E-state index contributed by atoms with van der Waals surface area (Å²) in [7, 11) is -2.61. The molecular weight excluding hydrogens is 480 g/mol. The summed E-state index contributed by atoms with van der Waals surface area (Å²) in [5.74, 6) is 0.422. The summed E-state index contributed by atoms with van der Waals surface area (Å²) in [6, 6.07) is 15.4. The van der Waals surface area contributed by atoms with Gasteiger partial charge < -0.3 is 13.7 Å². The van der Waals surface area contributed by atoms with E-state index in [0.717, 1.165) is 5.56 Å². The summed E-state index contributed by atoms with van der Waals surface area (Å²) in [4.78, 5) is 12.5. The number of benzene rings is 3. The topological polar surface area (TPSA) is 103 Å². The van der Waals surface area contributed by atoms with Crippen LogP contribution >= 0.6 is 11.6 Å². The molecule has 0 spiro atoms. The van der Waals surface area contributed by atoms with Crippen LogP contribution in [-0.4, -0.2) is 34.3 Å². The molecule has 0 aliphatic rings. The van der Waals surface area contributed by atoms with Gasteiger partial charge in [-0.25, -0.2) is 5.43 Å². The zero-order valence-electron chi connectivity index (χ0n) is 18.7. The minimum Gasteiger partial charge on any atom is -0.493 e. The molecule has 3 aromatic rings. The Morgan fingerprint density at radius 1 is 1.03 bits per heavy atom. The first-order chi connectivity index (χ1) is 16.2. The summed E-state index contributed by atoms with van der Waals surface area (Å²) in [5, 5.41) is 4.26. The van der Waals surface area contributed by atoms with Gasteiger partial charge in [-0.3, -0.25) is 4.79 Å². The third kappa shape index (κ3) is 6.27. The van der Waals surface area contributed by atoms with Crippen LogP contribution in [0, 0.1) is 6.92 Å². The van der Waals surface area contributed by atoms with Crippen molar-refractivity contribution in [2.45, 2.75) is 18.7 Å². The van der Waals surface area contributed by atoms with Crippen molar-refractivity contribution in [1.29, 1.82) is 0 Å². The molecule has 0 saturated heterocycles. The maximum Gasteiger partial charge on any atom is 0.339 e. The van der Waals surface area contributed by atoms with E-state index in [4.69, 9.17) is 25.3 Å². The highest BCUT2D eigenvalue weighted by atomic mass is 35.5. The van der Waals surface area contributed by atoms with E-state index < -0.39 is 16.0 Å². The molecule has 1 amide bonds. The first-order valence-corrected chi connectivity index (χ1v) is 12.0. The summed E-state index contributed by atoms with van der Waals surface area (Å²) >= 11 is 6.05. The molecule has 178 valence electrons. The van der Waals surface area contributed by atoms with Gasteiger partial charge in [-0.05, 0) is 62.4 Å². The first kappa shape index (κ1) is 25.1. The van der Waals surface area contributed by atoms with Crippen molar-refractivity contribution < 1.29 is 26.9 Å². The Morgan fingerprint density at radius 2 is 1.74 bits per heavy atom. The minimum atomic E-state index is -4.08. The summed E-state index contributed by atoms with van der Waals surface area (Å²) < 4.78 is 41.3. The van der Waals surface area contributed by atoms with Crippen LogP contribution in [0.25, 0.3) is 0 Å². The maximum atomic E-state index is 12.7. The van der Waals surface area contributed by atoms with Crippen molar-refractivity contribution >= 4 is 33.8 Å². The van der Waals surface area contributed by atoms with Crippen LogP contribution in [0.2, 0.25) is 5.02 Å². The van der Waals surface area contributed by atoms with Crippen molar-refractivity contribution in [3.05, 3.63) is 82.4 Å². The Kier molecular flexibility index (Phi) is 8.14. The highest BCUT2D eigenvalue weighted by Gasteiger charge is 2.18. The maximum absolute atomic E-state index is 12.7. The van der Waals surface area contributed by atoms with Gasteiger partial charge in [0.25, 0.3) is 5.91 Å². The number of rotatable bonds is 9. The van der Waals surface area contributed by atoms with Gasteiger partial charge in [0.15, 0.2) is 17.2 Å². The highest BCUT2D eigenvalue weighted by molar-refractivity contribution is 7.87. The van der Waals surface area contributed by atoms with E-state index >= 15 is 0 Å². The lowest BCUT2D eigenvalue weighted by Gasteiger charge is -2.11. The predicted molar refractivity (Wildman–Crippen MR) is 130 cm³/mol. The van der Waals surface area contributed by atoms with Crippen LogP contribution in [0.5, 0.6) is 17.2 Å². The molecule has 0 aliphatic carbocycles.